The SMILES string of the molecule is Cc1cc2c(c(CN=C=O)c1O)CCO2. The van der Waals surface area contributed by atoms with E-state index in [0.29, 0.717) is 12.2 Å². The molecule has 1 heterocycles. The molecule has 15 heavy (non-hydrogen) atoms. The summed E-state index contributed by atoms with van der Waals surface area (Å²) >= 11 is 0. The first kappa shape index (κ1) is 9.74. The topological polar surface area (TPSA) is 58.9 Å². The molecular formula is C11H11NO3. The van der Waals surface area contributed by atoms with Crippen LogP contribution in [0.25, 0.3) is 0 Å². The Balaban J connectivity index is 2.54. The summed E-state index contributed by atoms with van der Waals surface area (Å²) in [6, 6.07) is 1.81. The summed E-state index contributed by atoms with van der Waals surface area (Å²) in [7, 11) is 0. The molecule has 0 atom stereocenters. The lowest BCUT2D eigenvalue weighted by Crippen LogP contribution is -1.93. The van der Waals surface area contributed by atoms with Gasteiger partial charge in [-0.1, -0.05) is 0 Å². The number of phenolic OH excluding ortho intramolecular Hbond substituents is 1. The second-order valence-corrected chi connectivity index (χ2v) is 3.50. The molecule has 1 aliphatic heterocycles. The molecule has 0 amide bonds. The Morgan fingerprint density at radius 3 is 3.20 bits per heavy atom. The van der Waals surface area contributed by atoms with Gasteiger partial charge in [-0.3, -0.25) is 0 Å². The van der Waals surface area contributed by atoms with Crippen molar-refractivity contribution in [3.8, 4) is 11.5 Å². The number of rotatable bonds is 2. The molecule has 78 valence electrons. The highest BCUT2D eigenvalue weighted by Crippen LogP contribution is 2.37. The van der Waals surface area contributed by atoms with Crippen LogP contribution in [0.4, 0.5) is 0 Å². The number of fused-ring (bicyclic) bond motifs is 1. The maximum Gasteiger partial charge on any atom is 0.235 e. The quantitative estimate of drug-likeness (QED) is 0.587. The van der Waals surface area contributed by atoms with Gasteiger partial charge >= 0.3 is 0 Å². The Bertz CT molecular complexity index is 448. The van der Waals surface area contributed by atoms with Gasteiger partial charge in [0.15, 0.2) is 0 Å². The van der Waals surface area contributed by atoms with E-state index in [1.165, 1.54) is 6.08 Å². The van der Waals surface area contributed by atoms with Gasteiger partial charge < -0.3 is 9.84 Å². The molecule has 0 unspecified atom stereocenters. The molecule has 2 rings (SSSR count). The van der Waals surface area contributed by atoms with Gasteiger partial charge in [0.1, 0.15) is 11.5 Å². The molecule has 0 spiro atoms. The summed E-state index contributed by atoms with van der Waals surface area (Å²) in [6.45, 7) is 2.59. The van der Waals surface area contributed by atoms with E-state index in [1.807, 2.05) is 6.07 Å². The van der Waals surface area contributed by atoms with Crippen molar-refractivity contribution in [2.75, 3.05) is 6.61 Å². The minimum absolute atomic E-state index is 0.169. The average molecular weight is 205 g/mol. The third-order valence-electron chi connectivity index (χ3n) is 2.58. The summed E-state index contributed by atoms with van der Waals surface area (Å²) in [5, 5.41) is 9.84. The number of carbonyl (C=O) groups excluding carboxylic acids is 1. The Labute approximate surface area is 87.2 Å². The van der Waals surface area contributed by atoms with Crippen LogP contribution in [0.2, 0.25) is 0 Å². The van der Waals surface area contributed by atoms with Crippen LogP contribution in [0.3, 0.4) is 0 Å². The van der Waals surface area contributed by atoms with Crippen LogP contribution < -0.4 is 4.74 Å². The fraction of sp³-hybridized carbons (Fsp3) is 0.364. The predicted octanol–water partition coefficient (Wildman–Crippen LogP) is 1.47. The number of nitrogens with zero attached hydrogens (tertiary/aromatic N) is 1. The molecule has 4 heteroatoms. The van der Waals surface area contributed by atoms with Crippen molar-refractivity contribution < 1.29 is 14.6 Å². The summed E-state index contributed by atoms with van der Waals surface area (Å²) < 4.78 is 5.40. The van der Waals surface area contributed by atoms with Crippen molar-refractivity contribution in [1.82, 2.24) is 0 Å². The number of isocyanates is 1. The molecule has 1 N–H and O–H groups in total. The molecule has 0 saturated heterocycles. The van der Waals surface area contributed by atoms with Crippen LogP contribution in [0.15, 0.2) is 11.1 Å². The normalized spacial score (nSPS) is 12.9. The van der Waals surface area contributed by atoms with E-state index in [9.17, 15) is 9.90 Å². The van der Waals surface area contributed by atoms with Crippen LogP contribution in [-0.2, 0) is 17.8 Å². The van der Waals surface area contributed by atoms with E-state index in [0.717, 1.165) is 23.3 Å². The number of hydrogen-bond acceptors (Lipinski definition) is 4. The van der Waals surface area contributed by atoms with E-state index >= 15 is 0 Å². The van der Waals surface area contributed by atoms with E-state index < -0.39 is 0 Å². The number of aliphatic imine (C=N–C) groups is 1. The molecule has 1 aromatic carbocycles. The van der Waals surface area contributed by atoms with E-state index in [2.05, 4.69) is 4.99 Å². The molecular weight excluding hydrogens is 194 g/mol. The number of aromatic hydroxyl groups is 1. The number of phenols is 1. The number of ether oxygens (including phenoxy) is 1. The van der Waals surface area contributed by atoms with E-state index in [1.54, 1.807) is 6.92 Å². The lowest BCUT2D eigenvalue weighted by molar-refractivity contribution is 0.356. The largest absolute Gasteiger partial charge is 0.507 e. The summed E-state index contributed by atoms with van der Waals surface area (Å²) in [4.78, 5) is 13.6. The van der Waals surface area contributed by atoms with Crippen LogP contribution in [-0.4, -0.2) is 17.8 Å². The highest BCUT2D eigenvalue weighted by atomic mass is 16.5. The molecule has 0 bridgehead atoms. The third-order valence-corrected chi connectivity index (χ3v) is 2.58. The smallest absolute Gasteiger partial charge is 0.235 e. The minimum Gasteiger partial charge on any atom is -0.507 e. The first-order valence-electron chi connectivity index (χ1n) is 4.74. The summed E-state index contributed by atoms with van der Waals surface area (Å²) in [6.07, 6.45) is 2.23. The van der Waals surface area contributed by atoms with Crippen molar-refractivity contribution in [3.05, 3.63) is 22.8 Å². The lowest BCUT2D eigenvalue weighted by atomic mass is 10.0. The average Bonchev–Trinajstić information content (AvgIpc) is 2.66. The van der Waals surface area contributed by atoms with Crippen molar-refractivity contribution in [1.29, 1.82) is 0 Å². The second-order valence-electron chi connectivity index (χ2n) is 3.50. The van der Waals surface area contributed by atoms with Gasteiger partial charge in [-0.25, -0.2) is 9.79 Å². The van der Waals surface area contributed by atoms with Gasteiger partial charge in [0.25, 0.3) is 0 Å². The molecule has 0 aliphatic carbocycles. The van der Waals surface area contributed by atoms with Gasteiger partial charge in [-0.2, -0.15) is 0 Å². The molecule has 1 aromatic rings. The van der Waals surface area contributed by atoms with Crippen LogP contribution >= 0.6 is 0 Å². The maximum atomic E-state index is 10.1. The molecule has 4 nitrogen and oxygen atoms in total. The Morgan fingerprint density at radius 2 is 2.47 bits per heavy atom. The first-order valence-corrected chi connectivity index (χ1v) is 4.74. The van der Waals surface area contributed by atoms with Crippen LogP contribution in [0.1, 0.15) is 16.7 Å². The fourth-order valence-electron chi connectivity index (χ4n) is 1.83. The first-order chi connectivity index (χ1) is 7.24. The third kappa shape index (κ3) is 1.60. The Kier molecular flexibility index (Phi) is 2.44. The second kappa shape index (κ2) is 3.75. The minimum atomic E-state index is 0.169. The molecule has 0 fully saturated rings. The number of aryl methyl sites for hydroxylation is 1. The van der Waals surface area contributed by atoms with Gasteiger partial charge in [0, 0.05) is 17.5 Å². The predicted molar refractivity (Wildman–Crippen MR) is 53.9 cm³/mol. The van der Waals surface area contributed by atoms with Crippen molar-refractivity contribution in [3.63, 3.8) is 0 Å². The summed E-state index contributed by atoms with van der Waals surface area (Å²) in [5.74, 6) is 1.000. The van der Waals surface area contributed by atoms with Gasteiger partial charge in [0.05, 0.1) is 13.2 Å². The fourth-order valence-corrected chi connectivity index (χ4v) is 1.83. The van der Waals surface area contributed by atoms with Crippen molar-refractivity contribution >= 4 is 6.08 Å². The Hall–Kier alpha value is -1.80. The molecule has 0 aromatic heterocycles. The molecule has 0 radical (unpaired) electrons. The van der Waals surface area contributed by atoms with Gasteiger partial charge in [-0.05, 0) is 18.6 Å². The highest BCUT2D eigenvalue weighted by Gasteiger charge is 2.20. The van der Waals surface area contributed by atoms with E-state index in [4.69, 9.17) is 4.74 Å². The standard InChI is InChI=1S/C11H11NO3/c1-7-4-10-8(2-3-15-10)9(11(7)14)5-12-6-13/h4,14H,2-3,5H2,1H3. The van der Waals surface area contributed by atoms with Crippen molar-refractivity contribution in [2.24, 2.45) is 4.99 Å². The monoisotopic (exact) mass is 205 g/mol. The molecule has 0 saturated carbocycles. The zero-order valence-electron chi connectivity index (χ0n) is 8.41. The van der Waals surface area contributed by atoms with Gasteiger partial charge in [-0.15, -0.1) is 0 Å². The van der Waals surface area contributed by atoms with Crippen molar-refractivity contribution in [2.45, 2.75) is 19.9 Å². The number of hydrogen-bond donors (Lipinski definition) is 1. The van der Waals surface area contributed by atoms with Crippen LogP contribution in [0, 0.1) is 6.92 Å². The van der Waals surface area contributed by atoms with E-state index in [-0.39, 0.29) is 12.3 Å². The zero-order chi connectivity index (χ0) is 10.8. The lowest BCUT2D eigenvalue weighted by Gasteiger charge is -2.09. The zero-order valence-corrected chi connectivity index (χ0v) is 8.41. The number of benzene rings is 1. The Morgan fingerprint density at radius 1 is 1.67 bits per heavy atom. The maximum absolute atomic E-state index is 10.1. The van der Waals surface area contributed by atoms with Crippen LogP contribution in [0.5, 0.6) is 11.5 Å². The molecule has 1 aliphatic rings. The summed E-state index contributed by atoms with van der Waals surface area (Å²) in [5.41, 5.74) is 2.38. The highest BCUT2D eigenvalue weighted by molar-refractivity contribution is 5.54. The van der Waals surface area contributed by atoms with Gasteiger partial charge in [0.2, 0.25) is 6.08 Å².